The fourth-order valence-corrected chi connectivity index (χ4v) is 2.25. The van der Waals surface area contributed by atoms with Crippen LogP contribution in [0.15, 0.2) is 17.4 Å². The van der Waals surface area contributed by atoms with E-state index in [-0.39, 0.29) is 12.8 Å². The number of guanidine groups is 1. The van der Waals surface area contributed by atoms with Gasteiger partial charge in [0, 0.05) is 38.9 Å². The first kappa shape index (κ1) is 14.8. The maximum absolute atomic E-state index is 12.2. The van der Waals surface area contributed by atoms with E-state index in [0.29, 0.717) is 19.6 Å². The Hall–Kier alpha value is -1.63. The van der Waals surface area contributed by atoms with E-state index in [4.69, 9.17) is 4.74 Å². The number of rotatable bonds is 4. The lowest BCUT2D eigenvalue weighted by atomic mass is 10.1. The highest BCUT2D eigenvalue weighted by Gasteiger charge is 2.24. The number of ether oxygens (including phenoxy) is 1. The average Bonchev–Trinajstić information content (AvgIpc) is 2.90. The van der Waals surface area contributed by atoms with Crippen molar-refractivity contribution in [2.75, 3.05) is 40.0 Å². The van der Waals surface area contributed by atoms with Crippen molar-refractivity contribution >= 4 is 5.96 Å². The monoisotopic (exact) mass is 283 g/mol. The van der Waals surface area contributed by atoms with Crippen molar-refractivity contribution in [3.05, 3.63) is 18.0 Å². The fourth-order valence-electron chi connectivity index (χ4n) is 2.25. The zero-order valence-corrected chi connectivity index (χ0v) is 12.0. The summed E-state index contributed by atoms with van der Waals surface area (Å²) >= 11 is 0. The van der Waals surface area contributed by atoms with Gasteiger partial charge in [0.1, 0.15) is 6.10 Å². The van der Waals surface area contributed by atoms with Gasteiger partial charge in [-0.1, -0.05) is 0 Å². The molecule has 1 atom stereocenters. The molecule has 1 fully saturated rings. The summed E-state index contributed by atoms with van der Waals surface area (Å²) in [6.07, 6.45) is 4.29. The van der Waals surface area contributed by atoms with Crippen LogP contribution in [0.2, 0.25) is 0 Å². The predicted octanol–water partition coefficient (Wildman–Crippen LogP) is 0.728. The summed E-state index contributed by atoms with van der Waals surface area (Å²) in [4.78, 5) is 6.39. The predicted molar refractivity (Wildman–Crippen MR) is 75.4 cm³/mol. The maximum atomic E-state index is 12.2. The van der Waals surface area contributed by atoms with Gasteiger partial charge in [0.25, 0.3) is 0 Å². The molecule has 20 heavy (non-hydrogen) atoms. The zero-order chi connectivity index (χ0) is 14.4. The van der Waals surface area contributed by atoms with E-state index in [1.165, 1.54) is 0 Å². The second-order valence-electron chi connectivity index (χ2n) is 4.77. The summed E-state index contributed by atoms with van der Waals surface area (Å²) in [7, 11) is 3.63. The minimum atomic E-state index is -0.314. The Morgan fingerprint density at radius 2 is 2.50 bits per heavy atom. The highest BCUT2D eigenvalue weighted by atomic mass is 19.1. The summed E-state index contributed by atoms with van der Waals surface area (Å²) in [5.41, 5.74) is 1.07. The standard InChI is InChI=1S/C13H22FN5O/c1-15-13(16-5-3-4-14)19-6-7-20-12(10-19)11-8-17-18(2)9-11/h8-9,12H,3-7,10H2,1-2H3,(H,15,16). The second-order valence-corrected chi connectivity index (χ2v) is 4.77. The molecule has 112 valence electrons. The third-order valence-corrected chi connectivity index (χ3v) is 3.27. The Morgan fingerprint density at radius 3 is 3.15 bits per heavy atom. The van der Waals surface area contributed by atoms with Crippen LogP contribution < -0.4 is 5.32 Å². The van der Waals surface area contributed by atoms with Gasteiger partial charge in [-0.15, -0.1) is 0 Å². The van der Waals surface area contributed by atoms with Crippen molar-refractivity contribution in [3.63, 3.8) is 0 Å². The van der Waals surface area contributed by atoms with Gasteiger partial charge < -0.3 is 15.0 Å². The van der Waals surface area contributed by atoms with E-state index in [2.05, 4.69) is 20.3 Å². The van der Waals surface area contributed by atoms with Crippen molar-refractivity contribution < 1.29 is 9.13 Å². The average molecular weight is 283 g/mol. The summed E-state index contributed by atoms with van der Waals surface area (Å²) in [6.45, 7) is 2.43. The fraction of sp³-hybridized carbons (Fsp3) is 0.692. The highest BCUT2D eigenvalue weighted by Crippen LogP contribution is 2.21. The van der Waals surface area contributed by atoms with E-state index < -0.39 is 0 Å². The molecule has 1 aliphatic rings. The van der Waals surface area contributed by atoms with E-state index in [1.54, 1.807) is 11.7 Å². The molecule has 1 aliphatic heterocycles. The van der Waals surface area contributed by atoms with E-state index in [0.717, 1.165) is 24.6 Å². The van der Waals surface area contributed by atoms with Gasteiger partial charge in [-0.25, -0.2) is 0 Å². The van der Waals surface area contributed by atoms with Crippen LogP contribution in [-0.4, -0.2) is 60.6 Å². The molecule has 0 radical (unpaired) electrons. The van der Waals surface area contributed by atoms with Gasteiger partial charge >= 0.3 is 0 Å². The number of alkyl halides is 1. The molecule has 1 saturated heterocycles. The van der Waals surface area contributed by atoms with E-state index >= 15 is 0 Å². The molecule has 2 heterocycles. The minimum absolute atomic E-state index is 0.00262. The number of aryl methyl sites for hydroxylation is 1. The quantitative estimate of drug-likeness (QED) is 0.503. The number of aliphatic imine (C=N–C) groups is 1. The van der Waals surface area contributed by atoms with E-state index in [9.17, 15) is 4.39 Å². The first-order chi connectivity index (χ1) is 9.74. The minimum Gasteiger partial charge on any atom is -0.370 e. The third kappa shape index (κ3) is 3.69. The van der Waals surface area contributed by atoms with Crippen LogP contribution in [-0.2, 0) is 11.8 Å². The lowest BCUT2D eigenvalue weighted by Gasteiger charge is -2.34. The number of aromatic nitrogens is 2. The number of hydrogen-bond donors (Lipinski definition) is 1. The van der Waals surface area contributed by atoms with Crippen molar-refractivity contribution in [2.24, 2.45) is 12.0 Å². The number of halogens is 1. The van der Waals surface area contributed by atoms with Crippen LogP contribution in [0, 0.1) is 0 Å². The molecule has 1 aromatic rings. The molecule has 0 saturated carbocycles. The summed E-state index contributed by atoms with van der Waals surface area (Å²) in [6, 6.07) is 0. The number of morpholine rings is 1. The van der Waals surface area contributed by atoms with Gasteiger partial charge in [0.15, 0.2) is 5.96 Å². The number of hydrogen-bond acceptors (Lipinski definition) is 3. The van der Waals surface area contributed by atoms with Crippen LogP contribution in [0.25, 0.3) is 0 Å². The highest BCUT2D eigenvalue weighted by molar-refractivity contribution is 5.80. The maximum Gasteiger partial charge on any atom is 0.193 e. The topological polar surface area (TPSA) is 54.7 Å². The Labute approximate surface area is 118 Å². The van der Waals surface area contributed by atoms with Crippen LogP contribution in [0.1, 0.15) is 18.1 Å². The van der Waals surface area contributed by atoms with Gasteiger partial charge in [0.05, 0.1) is 26.0 Å². The third-order valence-electron chi connectivity index (χ3n) is 3.27. The Balaban J connectivity index is 1.95. The molecule has 1 N–H and O–H groups in total. The van der Waals surface area contributed by atoms with Crippen LogP contribution in [0.4, 0.5) is 4.39 Å². The zero-order valence-electron chi connectivity index (χ0n) is 12.0. The van der Waals surface area contributed by atoms with Gasteiger partial charge in [-0.3, -0.25) is 14.1 Å². The summed E-state index contributed by atoms with van der Waals surface area (Å²) in [5, 5.41) is 7.35. The van der Waals surface area contributed by atoms with Crippen molar-refractivity contribution in [1.82, 2.24) is 20.0 Å². The SMILES string of the molecule is CN=C(NCCCF)N1CCOC(c2cnn(C)c2)C1. The Kier molecular flexibility index (Phi) is 5.34. The van der Waals surface area contributed by atoms with Crippen LogP contribution in [0.3, 0.4) is 0 Å². The number of nitrogens with zero attached hydrogens (tertiary/aromatic N) is 4. The molecule has 0 bridgehead atoms. The molecule has 0 spiro atoms. The Morgan fingerprint density at radius 1 is 1.65 bits per heavy atom. The molecule has 1 aromatic heterocycles. The molecule has 1 unspecified atom stereocenters. The molecule has 7 heteroatoms. The van der Waals surface area contributed by atoms with Crippen molar-refractivity contribution in [2.45, 2.75) is 12.5 Å². The van der Waals surface area contributed by atoms with Gasteiger partial charge in [-0.05, 0) is 6.42 Å². The van der Waals surface area contributed by atoms with E-state index in [1.807, 2.05) is 19.4 Å². The summed E-state index contributed by atoms with van der Waals surface area (Å²) < 4.78 is 19.7. The van der Waals surface area contributed by atoms with Gasteiger partial charge in [-0.2, -0.15) is 5.10 Å². The smallest absolute Gasteiger partial charge is 0.193 e. The Bertz CT molecular complexity index is 448. The lowest BCUT2D eigenvalue weighted by Crippen LogP contribution is -2.48. The molecule has 2 rings (SSSR count). The van der Waals surface area contributed by atoms with Crippen molar-refractivity contribution in [3.8, 4) is 0 Å². The van der Waals surface area contributed by atoms with Crippen molar-refractivity contribution in [1.29, 1.82) is 0 Å². The van der Waals surface area contributed by atoms with Crippen LogP contribution >= 0.6 is 0 Å². The molecule has 6 nitrogen and oxygen atoms in total. The first-order valence-electron chi connectivity index (χ1n) is 6.86. The molecule has 0 aromatic carbocycles. The largest absolute Gasteiger partial charge is 0.370 e. The second kappa shape index (κ2) is 7.23. The normalized spacial score (nSPS) is 20.2. The lowest BCUT2D eigenvalue weighted by molar-refractivity contribution is -0.00802. The number of nitrogens with one attached hydrogen (secondary N) is 1. The molecular formula is C13H22FN5O. The molecule has 0 aliphatic carbocycles. The van der Waals surface area contributed by atoms with Gasteiger partial charge in [0.2, 0.25) is 0 Å². The molecule has 0 amide bonds. The summed E-state index contributed by atoms with van der Waals surface area (Å²) in [5.74, 6) is 0.802. The molecular weight excluding hydrogens is 261 g/mol. The van der Waals surface area contributed by atoms with Crippen LogP contribution in [0.5, 0.6) is 0 Å². The first-order valence-corrected chi connectivity index (χ1v) is 6.86.